The highest BCUT2D eigenvalue weighted by Gasteiger charge is 2.18. The van der Waals surface area contributed by atoms with Crippen molar-refractivity contribution in [1.82, 2.24) is 0 Å². The van der Waals surface area contributed by atoms with Crippen molar-refractivity contribution in [3.05, 3.63) is 69.2 Å². The molecule has 0 bridgehead atoms. The molecule has 0 radical (unpaired) electrons. The topological polar surface area (TPSA) is 0 Å². The van der Waals surface area contributed by atoms with Crippen molar-refractivity contribution < 1.29 is 8.78 Å². The molecule has 0 aliphatic rings. The maximum atomic E-state index is 14.0. The van der Waals surface area contributed by atoms with E-state index in [1.165, 1.54) is 6.07 Å². The summed E-state index contributed by atoms with van der Waals surface area (Å²) in [6.07, 6.45) is 0. The van der Waals surface area contributed by atoms with Crippen LogP contribution in [-0.4, -0.2) is 0 Å². The fourth-order valence-corrected chi connectivity index (χ4v) is 2.82. The summed E-state index contributed by atoms with van der Waals surface area (Å²) in [5.74, 6) is -0.680. The van der Waals surface area contributed by atoms with Gasteiger partial charge in [-0.1, -0.05) is 51.8 Å². The molecule has 0 aromatic heterocycles. The Hall–Kier alpha value is -0.930. The molecule has 1 atom stereocenters. The smallest absolute Gasteiger partial charge is 0.146 e. The van der Waals surface area contributed by atoms with Crippen LogP contribution in [0.3, 0.4) is 0 Å². The van der Waals surface area contributed by atoms with E-state index in [0.29, 0.717) is 16.7 Å². The zero-order chi connectivity index (χ0) is 14.2. The summed E-state index contributed by atoms with van der Waals surface area (Å²) in [6, 6.07) is 8.28. The monoisotopic (exact) mass is 344 g/mol. The van der Waals surface area contributed by atoms with Gasteiger partial charge in [0, 0.05) is 5.56 Å². The minimum Gasteiger partial charge on any atom is -0.206 e. The molecule has 0 fully saturated rings. The van der Waals surface area contributed by atoms with E-state index in [9.17, 15) is 8.78 Å². The van der Waals surface area contributed by atoms with Gasteiger partial charge in [-0.15, -0.1) is 0 Å². The number of hydrogen-bond donors (Lipinski definition) is 0. The molecule has 4 heteroatoms. The van der Waals surface area contributed by atoms with Crippen molar-refractivity contribution in [3.8, 4) is 0 Å². The second-order valence-corrected chi connectivity index (χ2v) is 5.80. The Morgan fingerprint density at radius 2 is 1.63 bits per heavy atom. The first-order valence-corrected chi connectivity index (χ1v) is 7.05. The fraction of sp³-hybridized carbons (Fsp3) is 0.200. The first-order valence-electron chi connectivity index (χ1n) is 5.76. The molecule has 0 nitrogen and oxygen atoms in total. The van der Waals surface area contributed by atoms with Gasteiger partial charge in [0.2, 0.25) is 0 Å². The van der Waals surface area contributed by atoms with E-state index in [4.69, 9.17) is 11.6 Å². The Labute approximate surface area is 124 Å². The van der Waals surface area contributed by atoms with Gasteiger partial charge in [0.15, 0.2) is 0 Å². The van der Waals surface area contributed by atoms with Gasteiger partial charge in [-0.05, 0) is 36.6 Å². The van der Waals surface area contributed by atoms with Crippen molar-refractivity contribution in [2.75, 3.05) is 0 Å². The lowest BCUT2D eigenvalue weighted by Crippen LogP contribution is -2.00. The normalized spacial score (nSPS) is 12.5. The van der Waals surface area contributed by atoms with Crippen molar-refractivity contribution in [2.45, 2.75) is 18.7 Å². The molecule has 0 aliphatic carbocycles. The van der Waals surface area contributed by atoms with Crippen LogP contribution in [0.1, 0.15) is 27.1 Å². The lowest BCUT2D eigenvalue weighted by atomic mass is 10.00. The van der Waals surface area contributed by atoms with E-state index < -0.39 is 5.82 Å². The van der Waals surface area contributed by atoms with Gasteiger partial charge in [-0.3, -0.25) is 0 Å². The maximum absolute atomic E-state index is 14.0. The third-order valence-electron chi connectivity index (χ3n) is 3.01. The molecule has 1 unspecified atom stereocenters. The molecule has 2 rings (SSSR count). The van der Waals surface area contributed by atoms with Crippen molar-refractivity contribution in [2.24, 2.45) is 0 Å². The van der Waals surface area contributed by atoms with Crippen LogP contribution in [0.2, 0.25) is 5.02 Å². The molecule has 0 saturated carbocycles. The summed E-state index contributed by atoms with van der Waals surface area (Å²) in [6.45, 7) is 3.39. The molecule has 2 aromatic rings. The van der Waals surface area contributed by atoms with Crippen LogP contribution >= 0.6 is 27.5 Å². The molecule has 19 heavy (non-hydrogen) atoms. The molecule has 0 aliphatic heterocycles. The number of alkyl halides is 1. The minimum absolute atomic E-state index is 0.0810. The third-order valence-corrected chi connectivity index (χ3v) is 4.32. The van der Waals surface area contributed by atoms with Crippen LogP contribution in [0.25, 0.3) is 0 Å². The molecular formula is C15H12BrClF2. The Morgan fingerprint density at radius 1 is 1.05 bits per heavy atom. The number of rotatable bonds is 2. The molecule has 0 amide bonds. The molecule has 100 valence electrons. The first kappa shape index (κ1) is 14.5. The molecule has 0 heterocycles. The molecular weight excluding hydrogens is 334 g/mol. The lowest BCUT2D eigenvalue weighted by Gasteiger charge is -2.14. The second kappa shape index (κ2) is 5.59. The summed E-state index contributed by atoms with van der Waals surface area (Å²) in [5.41, 5.74) is 2.33. The first-order chi connectivity index (χ1) is 8.91. The SMILES string of the molecule is Cc1cc(C(Br)c2cccc(Cl)c2F)cc(C)c1F. The average Bonchev–Trinajstić information content (AvgIpc) is 2.38. The van der Waals surface area contributed by atoms with Crippen LogP contribution in [-0.2, 0) is 0 Å². The predicted octanol–water partition coefficient (Wildman–Crippen LogP) is 5.72. The molecule has 2 aromatic carbocycles. The molecule has 0 N–H and O–H groups in total. The average molecular weight is 346 g/mol. The van der Waals surface area contributed by atoms with Gasteiger partial charge >= 0.3 is 0 Å². The van der Waals surface area contributed by atoms with Gasteiger partial charge < -0.3 is 0 Å². The molecule has 0 saturated heterocycles. The van der Waals surface area contributed by atoms with E-state index in [-0.39, 0.29) is 15.7 Å². The van der Waals surface area contributed by atoms with Crippen LogP contribution in [0.15, 0.2) is 30.3 Å². The van der Waals surface area contributed by atoms with Gasteiger partial charge in [0.25, 0.3) is 0 Å². The summed E-state index contributed by atoms with van der Waals surface area (Å²) >= 11 is 9.23. The van der Waals surface area contributed by atoms with Gasteiger partial charge in [-0.2, -0.15) is 0 Å². The highest BCUT2D eigenvalue weighted by atomic mass is 79.9. The summed E-state index contributed by atoms with van der Waals surface area (Å²) < 4.78 is 27.6. The standard InChI is InChI=1S/C15H12BrClF2/c1-8-6-10(7-9(2)14(8)18)13(16)11-4-3-5-12(17)15(11)19/h3-7,13H,1-2H3. The fourth-order valence-electron chi connectivity index (χ4n) is 2.02. The quantitative estimate of drug-likeness (QED) is 0.611. The van der Waals surface area contributed by atoms with Crippen LogP contribution in [0.4, 0.5) is 8.78 Å². The Bertz CT molecular complexity index is 603. The second-order valence-electron chi connectivity index (χ2n) is 4.47. The molecule has 0 spiro atoms. The Kier molecular flexibility index (Phi) is 4.26. The van der Waals surface area contributed by atoms with E-state index in [2.05, 4.69) is 15.9 Å². The van der Waals surface area contributed by atoms with Crippen LogP contribution in [0, 0.1) is 25.5 Å². The lowest BCUT2D eigenvalue weighted by molar-refractivity contribution is 0.606. The van der Waals surface area contributed by atoms with Crippen LogP contribution in [0.5, 0.6) is 0 Å². The maximum Gasteiger partial charge on any atom is 0.146 e. The Morgan fingerprint density at radius 3 is 2.21 bits per heavy atom. The summed E-state index contributed by atoms with van der Waals surface area (Å²) in [7, 11) is 0. The highest BCUT2D eigenvalue weighted by molar-refractivity contribution is 9.09. The van der Waals surface area contributed by atoms with E-state index >= 15 is 0 Å². The summed E-state index contributed by atoms with van der Waals surface area (Å²) in [5, 5.41) is 0.0810. The minimum atomic E-state index is -0.453. The zero-order valence-corrected chi connectivity index (χ0v) is 12.8. The van der Waals surface area contributed by atoms with Crippen LogP contribution < -0.4 is 0 Å². The number of hydrogen-bond acceptors (Lipinski definition) is 0. The van der Waals surface area contributed by atoms with E-state index in [1.807, 2.05) is 0 Å². The Balaban J connectivity index is 2.50. The predicted molar refractivity (Wildman–Crippen MR) is 78.1 cm³/mol. The highest BCUT2D eigenvalue weighted by Crippen LogP contribution is 2.35. The van der Waals surface area contributed by atoms with Gasteiger partial charge in [0.1, 0.15) is 11.6 Å². The largest absolute Gasteiger partial charge is 0.206 e. The van der Waals surface area contributed by atoms with Crippen molar-refractivity contribution in [1.29, 1.82) is 0 Å². The number of benzene rings is 2. The third kappa shape index (κ3) is 2.82. The van der Waals surface area contributed by atoms with Gasteiger partial charge in [0.05, 0.1) is 9.85 Å². The number of aryl methyl sites for hydroxylation is 2. The zero-order valence-electron chi connectivity index (χ0n) is 10.5. The van der Waals surface area contributed by atoms with E-state index in [1.54, 1.807) is 38.1 Å². The van der Waals surface area contributed by atoms with E-state index in [0.717, 1.165) is 5.56 Å². The number of halogens is 4. The van der Waals surface area contributed by atoms with Crippen molar-refractivity contribution in [3.63, 3.8) is 0 Å². The summed E-state index contributed by atoms with van der Waals surface area (Å²) in [4.78, 5) is -0.357. The van der Waals surface area contributed by atoms with Crippen molar-refractivity contribution >= 4 is 27.5 Å². The van der Waals surface area contributed by atoms with Gasteiger partial charge in [-0.25, -0.2) is 8.78 Å².